The highest BCUT2D eigenvalue weighted by Gasteiger charge is 2.37. The molecule has 0 bridgehead atoms. The quantitative estimate of drug-likeness (QED) is 0.627. The number of aromatic nitrogens is 2. The van der Waals surface area contributed by atoms with E-state index in [1.165, 1.54) is 12.1 Å². The van der Waals surface area contributed by atoms with E-state index in [2.05, 4.69) is 9.55 Å². The maximum Gasteiger partial charge on any atom is 0.502 e. The van der Waals surface area contributed by atoms with Gasteiger partial charge in [0.15, 0.2) is 0 Å². The first-order chi connectivity index (χ1) is 13.8. The van der Waals surface area contributed by atoms with Crippen LogP contribution in [0.4, 0.5) is 4.39 Å². The molecule has 29 heavy (non-hydrogen) atoms. The lowest BCUT2D eigenvalue weighted by molar-refractivity contribution is 0.294. The SMILES string of the molecule is Cc1c(C)n(CC2CC2)c2c(OCc3ccc(F)cc3)nc3c(c12)OS(=O)(=O)O3. The van der Waals surface area contributed by atoms with Crippen LogP contribution in [0.15, 0.2) is 24.3 Å². The molecule has 0 amide bonds. The third-order valence-electron chi connectivity index (χ3n) is 5.45. The van der Waals surface area contributed by atoms with Crippen molar-refractivity contribution in [3.05, 3.63) is 46.9 Å². The van der Waals surface area contributed by atoms with Crippen LogP contribution in [0.3, 0.4) is 0 Å². The van der Waals surface area contributed by atoms with Gasteiger partial charge in [-0.1, -0.05) is 12.1 Å². The number of benzene rings is 1. The molecular weight excluding hydrogens is 399 g/mol. The van der Waals surface area contributed by atoms with Crippen molar-refractivity contribution in [3.8, 4) is 17.5 Å². The monoisotopic (exact) mass is 418 g/mol. The number of hydrogen-bond donors (Lipinski definition) is 0. The van der Waals surface area contributed by atoms with Gasteiger partial charge in [-0.25, -0.2) is 4.39 Å². The maximum atomic E-state index is 13.2. The standard InChI is InChI=1S/C20H19FN2O5S/c1-11-12(2)23(9-13-3-4-13)17-16(11)18-20(28-29(24,25)27-18)22-19(17)26-10-14-5-7-15(21)8-6-14/h5-8,13H,3-4,9-10H2,1-2H3. The third kappa shape index (κ3) is 3.19. The van der Waals surface area contributed by atoms with Crippen molar-refractivity contribution in [1.82, 2.24) is 9.55 Å². The molecule has 0 N–H and O–H groups in total. The van der Waals surface area contributed by atoms with Gasteiger partial charge in [-0.05, 0) is 55.9 Å². The molecule has 0 radical (unpaired) electrons. The second-order valence-electron chi connectivity index (χ2n) is 7.53. The number of ether oxygens (including phenoxy) is 1. The highest BCUT2D eigenvalue weighted by molar-refractivity contribution is 7.82. The molecule has 1 aliphatic carbocycles. The number of halogens is 1. The van der Waals surface area contributed by atoms with Gasteiger partial charge in [-0.2, -0.15) is 4.98 Å². The Labute approximate surface area is 167 Å². The fourth-order valence-corrected chi connectivity index (χ4v) is 4.34. The summed E-state index contributed by atoms with van der Waals surface area (Å²) >= 11 is 0. The number of rotatable bonds is 5. The molecule has 152 valence electrons. The molecule has 0 atom stereocenters. The first kappa shape index (κ1) is 18.2. The molecule has 1 saturated carbocycles. The summed E-state index contributed by atoms with van der Waals surface area (Å²) in [5.41, 5.74) is 3.35. The summed E-state index contributed by atoms with van der Waals surface area (Å²) in [7, 11) is -4.19. The highest BCUT2D eigenvalue weighted by atomic mass is 32.3. The molecule has 3 heterocycles. The molecule has 2 aliphatic rings. The first-order valence-electron chi connectivity index (χ1n) is 9.37. The predicted molar refractivity (Wildman–Crippen MR) is 103 cm³/mol. The van der Waals surface area contributed by atoms with E-state index in [4.69, 9.17) is 13.1 Å². The highest BCUT2D eigenvalue weighted by Crippen LogP contribution is 2.47. The van der Waals surface area contributed by atoms with Crippen LogP contribution in [-0.4, -0.2) is 18.0 Å². The van der Waals surface area contributed by atoms with Crippen LogP contribution in [0, 0.1) is 25.6 Å². The Balaban J connectivity index is 1.64. The van der Waals surface area contributed by atoms with Gasteiger partial charge in [0, 0.05) is 12.2 Å². The van der Waals surface area contributed by atoms with E-state index in [0.717, 1.165) is 36.2 Å². The molecule has 5 rings (SSSR count). The van der Waals surface area contributed by atoms with Gasteiger partial charge < -0.3 is 17.7 Å². The van der Waals surface area contributed by atoms with E-state index >= 15 is 0 Å². The molecule has 1 aliphatic heterocycles. The van der Waals surface area contributed by atoms with E-state index in [-0.39, 0.29) is 29.9 Å². The van der Waals surface area contributed by atoms with E-state index in [1.807, 2.05) is 13.8 Å². The topological polar surface area (TPSA) is 79.7 Å². The van der Waals surface area contributed by atoms with E-state index in [9.17, 15) is 12.8 Å². The van der Waals surface area contributed by atoms with Crippen molar-refractivity contribution in [1.29, 1.82) is 0 Å². The number of nitrogens with zero attached hydrogens (tertiary/aromatic N) is 2. The zero-order valence-corrected chi connectivity index (χ0v) is 16.8. The Morgan fingerprint density at radius 1 is 1.21 bits per heavy atom. The largest absolute Gasteiger partial charge is 0.502 e. The minimum absolute atomic E-state index is 0.101. The fraction of sp³-hybridized carbons (Fsp3) is 0.350. The average molecular weight is 418 g/mol. The number of pyridine rings is 1. The summed E-state index contributed by atoms with van der Waals surface area (Å²) in [5, 5.41) is 0.628. The van der Waals surface area contributed by atoms with Crippen molar-refractivity contribution in [2.24, 2.45) is 5.92 Å². The minimum atomic E-state index is -4.19. The zero-order chi connectivity index (χ0) is 20.3. The lowest BCUT2D eigenvalue weighted by Crippen LogP contribution is -2.08. The van der Waals surface area contributed by atoms with Crippen molar-refractivity contribution >= 4 is 21.3 Å². The lowest BCUT2D eigenvalue weighted by atomic mass is 10.1. The van der Waals surface area contributed by atoms with Crippen LogP contribution < -0.4 is 13.1 Å². The van der Waals surface area contributed by atoms with Crippen LogP contribution in [0.25, 0.3) is 10.9 Å². The van der Waals surface area contributed by atoms with Crippen LogP contribution in [0.5, 0.6) is 17.5 Å². The molecule has 0 spiro atoms. The summed E-state index contributed by atoms with van der Waals surface area (Å²) in [6, 6.07) is 5.98. The molecule has 1 aromatic carbocycles. The zero-order valence-electron chi connectivity index (χ0n) is 15.9. The second kappa shape index (κ2) is 6.35. The van der Waals surface area contributed by atoms with E-state index < -0.39 is 10.4 Å². The molecule has 1 fully saturated rings. The van der Waals surface area contributed by atoms with Gasteiger partial charge in [0.2, 0.25) is 11.6 Å². The summed E-state index contributed by atoms with van der Waals surface area (Å²) in [6.07, 6.45) is 2.33. The number of fused-ring (bicyclic) bond motifs is 3. The number of aryl methyl sites for hydroxylation is 1. The Bertz CT molecular complexity index is 1230. The first-order valence-corrected chi connectivity index (χ1v) is 10.7. The van der Waals surface area contributed by atoms with Crippen molar-refractivity contribution in [2.45, 2.75) is 39.8 Å². The van der Waals surface area contributed by atoms with Gasteiger partial charge in [-0.3, -0.25) is 0 Å². The van der Waals surface area contributed by atoms with Gasteiger partial charge in [0.1, 0.15) is 17.9 Å². The molecule has 3 aromatic rings. The summed E-state index contributed by atoms with van der Waals surface area (Å²) < 4.78 is 55.0. The van der Waals surface area contributed by atoms with Crippen LogP contribution in [-0.2, 0) is 23.6 Å². The number of hydrogen-bond acceptors (Lipinski definition) is 6. The van der Waals surface area contributed by atoms with Crippen molar-refractivity contribution in [3.63, 3.8) is 0 Å². The Kier molecular flexibility index (Phi) is 3.99. The minimum Gasteiger partial charge on any atom is -0.471 e. The lowest BCUT2D eigenvalue weighted by Gasteiger charge is -2.12. The Morgan fingerprint density at radius 3 is 2.62 bits per heavy atom. The van der Waals surface area contributed by atoms with Crippen LogP contribution in [0.1, 0.15) is 29.7 Å². The van der Waals surface area contributed by atoms with Gasteiger partial charge in [0.25, 0.3) is 5.88 Å². The molecule has 7 nitrogen and oxygen atoms in total. The average Bonchev–Trinajstić information content (AvgIpc) is 3.39. The van der Waals surface area contributed by atoms with Gasteiger partial charge >= 0.3 is 10.4 Å². The van der Waals surface area contributed by atoms with Crippen LogP contribution in [0.2, 0.25) is 0 Å². The Hall–Kier alpha value is -2.81. The summed E-state index contributed by atoms with van der Waals surface area (Å²) in [6.45, 7) is 4.86. The van der Waals surface area contributed by atoms with E-state index in [1.54, 1.807) is 12.1 Å². The maximum absolute atomic E-state index is 13.2. The van der Waals surface area contributed by atoms with E-state index in [0.29, 0.717) is 16.8 Å². The molecule has 0 unspecified atom stereocenters. The van der Waals surface area contributed by atoms with Crippen LogP contribution >= 0.6 is 0 Å². The normalized spacial score (nSPS) is 17.1. The smallest absolute Gasteiger partial charge is 0.471 e. The van der Waals surface area contributed by atoms with Crippen molar-refractivity contribution in [2.75, 3.05) is 0 Å². The third-order valence-corrected chi connectivity index (χ3v) is 6.18. The molecular formula is C20H19FN2O5S. The molecule has 9 heteroatoms. The fourth-order valence-electron chi connectivity index (χ4n) is 3.64. The van der Waals surface area contributed by atoms with Gasteiger partial charge in [0.05, 0.1) is 5.39 Å². The summed E-state index contributed by atoms with van der Waals surface area (Å²) in [5.74, 6) is 0.498. The second-order valence-corrected chi connectivity index (χ2v) is 8.68. The van der Waals surface area contributed by atoms with Gasteiger partial charge in [-0.15, -0.1) is 8.42 Å². The van der Waals surface area contributed by atoms with Crippen molar-refractivity contribution < 1.29 is 25.9 Å². The Morgan fingerprint density at radius 2 is 1.93 bits per heavy atom. The molecule has 2 aromatic heterocycles. The predicted octanol–water partition coefficient (Wildman–Crippen LogP) is 3.80. The summed E-state index contributed by atoms with van der Waals surface area (Å²) in [4.78, 5) is 4.31. The molecule has 0 saturated heterocycles.